The molecule has 1 aliphatic heterocycles. The maximum absolute atomic E-state index is 13.6. The number of carbonyl (C=O) groups excluding carboxylic acids is 7. The number of fused-ring (bicyclic) bond motifs is 6. The molecule has 4 aromatic carbocycles. The molecule has 2 atom stereocenters. The number of carbonyl (C=O) groups is 8. The summed E-state index contributed by atoms with van der Waals surface area (Å²) in [6.07, 6.45) is 5.32. The summed E-state index contributed by atoms with van der Waals surface area (Å²) in [6.45, 7) is 77.2. The van der Waals surface area contributed by atoms with Crippen molar-refractivity contribution in [1.82, 2.24) is 25.8 Å². The molecule has 7 rings (SSSR count). The SMILES string of the molecule is CC(C)(C)[Si](C)(C)OCCN(CCO[Si](C)(C)C(C)(C)C)C(=O)CCCC(=O)O.CC(C)(C)[Si](C)(C)OCCNCCO[Si](C)(C)C(C)(C)C.COc1cc2c(c(OC)c1OC)-c1ccc(O)cc1[C@@H](NC(C)=O)CC2.COc1cc2c(c(OC)c1OC)-c1ccc(OC(=O)CCCC(=O)N(CCO[Si](C)(C)C(C)(C)C)CCO[Si](C)(C)C(C)(C)C)cc1[C@@H](NC(C)=O)CC2.O=C1CCCC(=O)O1. The fourth-order valence-corrected chi connectivity index (χ4v) is 19.9. The van der Waals surface area contributed by atoms with Crippen LogP contribution in [0.5, 0.6) is 46.0 Å². The molecule has 0 bridgehead atoms. The maximum Gasteiger partial charge on any atom is 0.313 e. The van der Waals surface area contributed by atoms with Crippen molar-refractivity contribution in [3.63, 3.8) is 0 Å². The van der Waals surface area contributed by atoms with Gasteiger partial charge in [-0.3, -0.25) is 38.4 Å². The Morgan fingerprint density at radius 1 is 0.406 bits per heavy atom. The minimum atomic E-state index is -1.99. The second kappa shape index (κ2) is 54.2. The van der Waals surface area contributed by atoms with Gasteiger partial charge in [0.2, 0.25) is 35.1 Å². The predicted octanol–water partition coefficient (Wildman–Crippen LogP) is 21.6. The van der Waals surface area contributed by atoms with Crippen LogP contribution >= 0.6 is 0 Å². The summed E-state index contributed by atoms with van der Waals surface area (Å²) in [5.74, 6) is 1.33. The Labute approximate surface area is 834 Å². The number of amides is 4. The van der Waals surface area contributed by atoms with Crippen LogP contribution in [0.15, 0.2) is 48.5 Å². The van der Waals surface area contributed by atoms with Crippen molar-refractivity contribution in [2.75, 3.05) is 122 Å². The van der Waals surface area contributed by atoms with Gasteiger partial charge in [-0.1, -0.05) is 137 Å². The van der Waals surface area contributed by atoms with Crippen LogP contribution in [0.1, 0.15) is 243 Å². The number of esters is 3. The van der Waals surface area contributed by atoms with E-state index in [0.29, 0.717) is 161 Å². The standard InChI is InChI=1S/C41H66N2O9Si2.C21H45NO5Si2.C20H23NO5.C16H39NO2Si2.C5H6O3/c1-28(44)42-33-21-18-29-26-34(47-8)38(48-9)39(49-10)37(29)31-20-19-30(27-32(31)33)52-36(46)17-15-16-35(45)43(22-24-50-53(11,12)40(2,3)4)23-25-51-54(13,14)41(5,6)7;1-20(2,3)28(7,8)26-16-14-22(18(23)12-11-13-19(24)25)15-17-27-29(9,10)21(4,5)6;1-11(22)21-16-8-5-12-9-17(24-2)19(25-3)20(26-4)18(12)14-7-6-13(23)10-15(14)16;1-15(2,3)20(7,8)18-13-11-17-12-14-19-21(9,10)16(4,5)6;6-4-2-1-3-5(7)8-4/h19-20,26-27,33H,15-18,21-25H2,1-14H3,(H,42,44);11-17H2,1-10H3,(H,24,25);6-7,9-10,16,23H,5,8H2,1-4H3,(H,21,22);17H,11-14H2,1-10H3;1-3H2/t33-;;16-;;/m0.0../s1. The van der Waals surface area contributed by atoms with E-state index in [1.165, 1.54) is 13.8 Å². The van der Waals surface area contributed by atoms with Gasteiger partial charge in [-0.25, -0.2) is 0 Å². The fourth-order valence-electron chi connectivity index (χ4n) is 13.7. The molecule has 29 nitrogen and oxygen atoms in total. The number of rotatable bonds is 41. The van der Waals surface area contributed by atoms with Crippen molar-refractivity contribution in [2.45, 2.75) is 343 Å². The zero-order chi connectivity index (χ0) is 106. The van der Waals surface area contributed by atoms with Crippen molar-refractivity contribution >= 4 is 97.4 Å². The molecule has 1 fully saturated rings. The molecule has 0 spiro atoms. The largest absolute Gasteiger partial charge is 0.508 e. The second-order valence-electron chi connectivity index (χ2n) is 44.9. The Kier molecular flexibility index (Phi) is 49.0. The van der Waals surface area contributed by atoms with Gasteiger partial charge in [-0.2, -0.15) is 0 Å². The summed E-state index contributed by atoms with van der Waals surface area (Å²) in [5.41, 5.74) is 7.14. The first-order valence-corrected chi connectivity index (χ1v) is 66.3. The fraction of sp³-hybridized carbons (Fsp3) is 0.689. The summed E-state index contributed by atoms with van der Waals surface area (Å²) < 4.78 is 81.4. The summed E-state index contributed by atoms with van der Waals surface area (Å²) >= 11 is 0. The van der Waals surface area contributed by atoms with E-state index in [9.17, 15) is 43.5 Å². The molecule has 0 radical (unpaired) electrons. The lowest BCUT2D eigenvalue weighted by atomic mass is 9.93. The van der Waals surface area contributed by atoms with E-state index in [4.69, 9.17) is 64.8 Å². The lowest BCUT2D eigenvalue weighted by Gasteiger charge is -2.38. The van der Waals surface area contributed by atoms with Gasteiger partial charge in [0.15, 0.2) is 72.9 Å². The van der Waals surface area contributed by atoms with Crippen molar-refractivity contribution in [2.24, 2.45) is 0 Å². The number of aromatic hydroxyl groups is 1. The lowest BCUT2D eigenvalue weighted by molar-refractivity contribution is -0.163. The minimum absolute atomic E-state index is 0.0144. The molecule has 138 heavy (non-hydrogen) atoms. The second-order valence-corrected chi connectivity index (χ2v) is 73.8. The van der Waals surface area contributed by atoms with Crippen molar-refractivity contribution in [3.05, 3.63) is 70.8 Å². The number of aliphatic carboxylic acids is 1. The molecular weight excluding hydrogens is 1860 g/mol. The number of benzene rings is 4. The molecule has 2 aliphatic carbocycles. The van der Waals surface area contributed by atoms with E-state index in [2.05, 4.69) is 224 Å². The highest BCUT2D eigenvalue weighted by Gasteiger charge is 2.44. The topological polar surface area (TPSA) is 349 Å². The van der Waals surface area contributed by atoms with E-state index in [1.54, 1.807) is 71.8 Å². The summed E-state index contributed by atoms with van der Waals surface area (Å²) in [6, 6.07) is 13.9. The molecule has 1 heterocycles. The maximum atomic E-state index is 13.6. The smallest absolute Gasteiger partial charge is 0.313 e. The van der Waals surface area contributed by atoms with Crippen LogP contribution < -0.4 is 49.1 Å². The van der Waals surface area contributed by atoms with Gasteiger partial charge in [0, 0.05) is 116 Å². The average molecular weight is 2040 g/mol. The Balaban J connectivity index is 0.000000492. The summed E-state index contributed by atoms with van der Waals surface area (Å²) in [4.78, 5) is 98.2. The number of aryl methyl sites for hydroxylation is 2. The van der Waals surface area contributed by atoms with E-state index in [0.717, 1.165) is 70.8 Å². The quantitative estimate of drug-likeness (QED) is 0.00906. The Bertz CT molecular complexity index is 4500. The number of nitrogens with one attached hydrogen (secondary N) is 3. The molecule has 0 aromatic heterocycles. The van der Waals surface area contributed by atoms with E-state index in [1.807, 2.05) is 29.2 Å². The number of carboxylic acid groups (broad SMARTS) is 1. The molecule has 0 saturated carbocycles. The van der Waals surface area contributed by atoms with Crippen LogP contribution in [0.2, 0.25) is 109 Å². The summed E-state index contributed by atoms with van der Waals surface area (Å²) in [7, 11) is -1.42. The third kappa shape index (κ3) is 38.6. The first-order chi connectivity index (χ1) is 63.5. The van der Waals surface area contributed by atoms with Gasteiger partial charge in [0.1, 0.15) is 11.5 Å². The molecule has 1 saturated heterocycles. The normalized spacial score (nSPS) is 14.9. The number of phenolic OH excluding ortho intramolecular Hbond substituents is 1. The van der Waals surface area contributed by atoms with Crippen LogP contribution in [-0.4, -0.2) is 239 Å². The number of ether oxygens (including phenoxy) is 8. The van der Waals surface area contributed by atoms with Gasteiger partial charge >= 0.3 is 23.9 Å². The van der Waals surface area contributed by atoms with Gasteiger partial charge in [0.05, 0.1) is 81.2 Å². The number of carboxylic acids is 1. The Hall–Kier alpha value is -7.54. The van der Waals surface area contributed by atoms with Gasteiger partial charge in [0.25, 0.3) is 0 Å². The van der Waals surface area contributed by atoms with Crippen molar-refractivity contribution < 1.29 is 113 Å². The molecule has 3 aliphatic rings. The number of nitrogens with zero attached hydrogens (tertiary/aromatic N) is 2. The molecule has 4 amide bonds. The van der Waals surface area contributed by atoms with E-state index < -0.39 is 61.8 Å². The van der Waals surface area contributed by atoms with Crippen LogP contribution in [0.3, 0.4) is 0 Å². The number of cyclic esters (lactones) is 2. The highest BCUT2D eigenvalue weighted by atomic mass is 28.4. The van der Waals surface area contributed by atoms with Gasteiger partial charge in [-0.05, 0) is 224 Å². The molecule has 784 valence electrons. The van der Waals surface area contributed by atoms with Gasteiger partial charge in [-0.15, -0.1) is 0 Å². The van der Waals surface area contributed by atoms with E-state index in [-0.39, 0.29) is 99.2 Å². The van der Waals surface area contributed by atoms with Gasteiger partial charge < -0.3 is 100 Å². The third-order valence-corrected chi connectivity index (χ3v) is 55.7. The average Bonchev–Trinajstić information content (AvgIpc) is 1.54. The first-order valence-electron chi connectivity index (χ1n) is 48.9. The zero-order valence-electron chi connectivity index (χ0n) is 91.7. The monoisotopic (exact) mass is 2040 g/mol. The lowest BCUT2D eigenvalue weighted by Crippen LogP contribution is -2.45. The van der Waals surface area contributed by atoms with Crippen molar-refractivity contribution in [1.29, 1.82) is 0 Å². The number of methoxy groups -OCH3 is 6. The predicted molar refractivity (Wildman–Crippen MR) is 565 cm³/mol. The minimum Gasteiger partial charge on any atom is -0.508 e. The third-order valence-electron chi connectivity index (χ3n) is 28.4. The van der Waals surface area contributed by atoms with Crippen LogP contribution in [0, 0.1) is 0 Å². The number of phenols is 1. The Morgan fingerprint density at radius 2 is 0.717 bits per heavy atom. The molecule has 4 aromatic rings. The zero-order valence-corrected chi connectivity index (χ0v) is 97.7. The molecule has 35 heteroatoms. The van der Waals surface area contributed by atoms with Crippen LogP contribution in [0.4, 0.5) is 0 Å². The van der Waals surface area contributed by atoms with Crippen LogP contribution in [0.25, 0.3) is 22.3 Å². The van der Waals surface area contributed by atoms with Crippen molar-refractivity contribution in [3.8, 4) is 68.2 Å². The highest BCUT2D eigenvalue weighted by molar-refractivity contribution is 6.76. The molecular formula is C103H179N5O24Si6. The first kappa shape index (κ1) is 125. The number of hydrogen-bond donors (Lipinski definition) is 5. The molecule has 5 N–H and O–H groups in total. The number of hydrogen-bond acceptors (Lipinski definition) is 24. The Morgan fingerprint density at radius 3 is 1.01 bits per heavy atom. The highest BCUT2D eigenvalue weighted by Crippen LogP contribution is 2.54. The van der Waals surface area contributed by atoms with E-state index >= 15 is 0 Å². The summed E-state index contributed by atoms with van der Waals surface area (Å²) in [5, 5.41) is 29.2. The molecule has 0 unspecified atom stereocenters. The van der Waals surface area contributed by atoms with Crippen LogP contribution in [-0.2, 0) is 82.5 Å².